The van der Waals surface area contributed by atoms with E-state index in [-0.39, 0.29) is 11.8 Å². The summed E-state index contributed by atoms with van der Waals surface area (Å²) >= 11 is 0. The van der Waals surface area contributed by atoms with Gasteiger partial charge in [-0.3, -0.25) is 14.2 Å². The Hall–Kier alpha value is -2.63. The van der Waals surface area contributed by atoms with Crippen LogP contribution in [-0.4, -0.2) is 45.9 Å². The van der Waals surface area contributed by atoms with Gasteiger partial charge < -0.3 is 10.2 Å². The third-order valence-electron chi connectivity index (χ3n) is 4.47. The van der Waals surface area contributed by atoms with E-state index >= 15 is 0 Å². The predicted molar refractivity (Wildman–Crippen MR) is 95.6 cm³/mol. The molecule has 0 aliphatic carbocycles. The van der Waals surface area contributed by atoms with Crippen LogP contribution in [0.2, 0.25) is 0 Å². The molecule has 2 amide bonds. The van der Waals surface area contributed by atoms with E-state index in [4.69, 9.17) is 0 Å². The van der Waals surface area contributed by atoms with Crippen LogP contribution in [0.5, 0.6) is 0 Å². The summed E-state index contributed by atoms with van der Waals surface area (Å²) < 4.78 is 1.77. The second-order valence-corrected chi connectivity index (χ2v) is 6.29. The third kappa shape index (κ3) is 4.47. The molecule has 25 heavy (non-hydrogen) atoms. The van der Waals surface area contributed by atoms with Gasteiger partial charge in [0.05, 0.1) is 12.5 Å². The van der Waals surface area contributed by atoms with Crippen molar-refractivity contribution >= 4 is 11.8 Å². The summed E-state index contributed by atoms with van der Waals surface area (Å²) in [6.45, 7) is 2.09. The van der Waals surface area contributed by atoms with Crippen molar-refractivity contribution in [3.8, 4) is 5.69 Å². The molecule has 1 N–H and O–H groups in total. The lowest BCUT2D eigenvalue weighted by Crippen LogP contribution is -2.34. The molecule has 1 aliphatic rings. The first-order valence-electron chi connectivity index (χ1n) is 8.89. The minimum atomic E-state index is -0.149. The Morgan fingerprint density at radius 1 is 1.16 bits per heavy atom. The van der Waals surface area contributed by atoms with E-state index in [2.05, 4.69) is 10.3 Å². The van der Waals surface area contributed by atoms with Crippen molar-refractivity contribution in [3.63, 3.8) is 0 Å². The van der Waals surface area contributed by atoms with Crippen molar-refractivity contribution < 1.29 is 9.59 Å². The van der Waals surface area contributed by atoms with E-state index in [0.717, 1.165) is 37.9 Å². The van der Waals surface area contributed by atoms with Crippen LogP contribution < -0.4 is 5.32 Å². The molecule has 0 radical (unpaired) electrons. The van der Waals surface area contributed by atoms with Crippen molar-refractivity contribution in [2.24, 2.45) is 0 Å². The van der Waals surface area contributed by atoms with Gasteiger partial charge in [0.15, 0.2) is 0 Å². The lowest BCUT2D eigenvalue weighted by molar-refractivity contribution is -0.130. The molecule has 1 aromatic carbocycles. The maximum absolute atomic E-state index is 12.4. The highest BCUT2D eigenvalue weighted by atomic mass is 16.2. The van der Waals surface area contributed by atoms with Gasteiger partial charge in [0.25, 0.3) is 5.91 Å². The Bertz CT molecular complexity index is 711. The first kappa shape index (κ1) is 17.2. The summed E-state index contributed by atoms with van der Waals surface area (Å²) in [5, 5.41) is 2.93. The molecule has 0 spiro atoms. The lowest BCUT2D eigenvalue weighted by atomic mass is 10.2. The third-order valence-corrected chi connectivity index (χ3v) is 4.47. The minimum Gasteiger partial charge on any atom is -0.351 e. The van der Waals surface area contributed by atoms with Crippen molar-refractivity contribution in [1.82, 2.24) is 19.8 Å². The molecule has 1 aliphatic heterocycles. The van der Waals surface area contributed by atoms with Gasteiger partial charge in [0, 0.05) is 31.7 Å². The van der Waals surface area contributed by atoms with Gasteiger partial charge in [-0.05, 0) is 31.4 Å². The Balaban J connectivity index is 1.50. The molecule has 3 rings (SSSR count). The average molecular weight is 340 g/mol. The van der Waals surface area contributed by atoms with Gasteiger partial charge in [-0.25, -0.2) is 4.98 Å². The van der Waals surface area contributed by atoms with Crippen LogP contribution in [0.1, 0.15) is 42.6 Å². The highest BCUT2D eigenvalue weighted by Crippen LogP contribution is 2.12. The number of nitrogens with zero attached hydrogens (tertiary/aromatic N) is 3. The Labute approximate surface area is 147 Å². The number of hydrogen-bond donors (Lipinski definition) is 1. The molecule has 1 fully saturated rings. The van der Waals surface area contributed by atoms with Crippen LogP contribution in [0.3, 0.4) is 0 Å². The van der Waals surface area contributed by atoms with Gasteiger partial charge in [-0.15, -0.1) is 0 Å². The number of imidazole rings is 1. The second kappa shape index (κ2) is 8.46. The highest BCUT2D eigenvalue weighted by Gasteiger charge is 2.16. The van der Waals surface area contributed by atoms with Gasteiger partial charge in [-0.2, -0.15) is 0 Å². The zero-order valence-corrected chi connectivity index (χ0v) is 14.4. The van der Waals surface area contributed by atoms with E-state index in [0.29, 0.717) is 25.2 Å². The number of carbonyl (C=O) groups excluding carboxylic acids is 2. The number of likely N-dealkylation sites (tertiary alicyclic amines) is 1. The van der Waals surface area contributed by atoms with Gasteiger partial charge in [-0.1, -0.05) is 24.6 Å². The smallest absolute Gasteiger partial charge is 0.269 e. The van der Waals surface area contributed by atoms with Crippen molar-refractivity contribution in [1.29, 1.82) is 0 Å². The zero-order chi connectivity index (χ0) is 17.5. The normalized spacial score (nSPS) is 15.0. The number of aromatic nitrogens is 2. The number of amides is 2. The van der Waals surface area contributed by atoms with E-state index in [1.165, 1.54) is 0 Å². The SMILES string of the molecule is O=C(NCCCN1CCCCCC1=O)c1cncn1-c1ccccc1. The fraction of sp³-hybridized carbons (Fsp3) is 0.421. The average Bonchev–Trinajstić information content (AvgIpc) is 3.04. The van der Waals surface area contributed by atoms with Crippen molar-refractivity contribution in [2.45, 2.75) is 32.1 Å². The van der Waals surface area contributed by atoms with Gasteiger partial charge in [0.1, 0.15) is 5.69 Å². The number of rotatable bonds is 6. The monoisotopic (exact) mass is 340 g/mol. The predicted octanol–water partition coefficient (Wildman–Crippen LogP) is 2.39. The van der Waals surface area contributed by atoms with Gasteiger partial charge in [0.2, 0.25) is 5.91 Å². The first-order valence-corrected chi connectivity index (χ1v) is 8.89. The van der Waals surface area contributed by atoms with Crippen molar-refractivity contribution in [2.75, 3.05) is 19.6 Å². The summed E-state index contributed by atoms with van der Waals surface area (Å²) in [6, 6.07) is 9.65. The minimum absolute atomic E-state index is 0.149. The molecule has 0 unspecified atom stereocenters. The van der Waals surface area contributed by atoms with Crippen molar-refractivity contribution in [3.05, 3.63) is 48.5 Å². The quantitative estimate of drug-likeness (QED) is 0.821. The molecule has 2 heterocycles. The largest absolute Gasteiger partial charge is 0.351 e. The maximum atomic E-state index is 12.4. The summed E-state index contributed by atoms with van der Waals surface area (Å²) in [7, 11) is 0. The standard InChI is InChI=1S/C19H24N4O2/c24-18-10-5-2-6-12-22(18)13-7-11-21-19(25)17-14-20-15-23(17)16-8-3-1-4-9-16/h1,3-4,8-9,14-15H,2,5-7,10-13H2,(H,21,25). The topological polar surface area (TPSA) is 67.2 Å². The van der Waals surface area contributed by atoms with Crippen LogP contribution in [0.4, 0.5) is 0 Å². The Kier molecular flexibility index (Phi) is 5.82. The van der Waals surface area contributed by atoms with E-state index < -0.39 is 0 Å². The number of para-hydroxylation sites is 1. The first-order chi connectivity index (χ1) is 12.3. The van der Waals surface area contributed by atoms with Crippen LogP contribution in [0.15, 0.2) is 42.9 Å². The molecule has 132 valence electrons. The molecule has 2 aromatic rings. The molecular weight excluding hydrogens is 316 g/mol. The molecule has 6 heteroatoms. The summed E-state index contributed by atoms with van der Waals surface area (Å²) in [6.07, 6.45) is 7.83. The molecule has 0 saturated carbocycles. The number of carbonyl (C=O) groups is 2. The number of hydrogen-bond acceptors (Lipinski definition) is 3. The van der Waals surface area contributed by atoms with Crippen LogP contribution >= 0.6 is 0 Å². The summed E-state index contributed by atoms with van der Waals surface area (Å²) in [4.78, 5) is 30.4. The second-order valence-electron chi connectivity index (χ2n) is 6.29. The van der Waals surface area contributed by atoms with Crippen LogP contribution in [-0.2, 0) is 4.79 Å². The summed E-state index contributed by atoms with van der Waals surface area (Å²) in [5.74, 6) is 0.0922. The molecule has 1 aromatic heterocycles. The fourth-order valence-corrected chi connectivity index (χ4v) is 3.09. The van der Waals surface area contributed by atoms with E-state index in [9.17, 15) is 9.59 Å². The van der Waals surface area contributed by atoms with E-state index in [1.54, 1.807) is 17.1 Å². The lowest BCUT2D eigenvalue weighted by Gasteiger charge is -2.20. The highest BCUT2D eigenvalue weighted by molar-refractivity contribution is 5.93. The molecule has 6 nitrogen and oxygen atoms in total. The molecular formula is C19H24N4O2. The fourth-order valence-electron chi connectivity index (χ4n) is 3.09. The Morgan fingerprint density at radius 3 is 2.84 bits per heavy atom. The van der Waals surface area contributed by atoms with Crippen LogP contribution in [0, 0.1) is 0 Å². The maximum Gasteiger partial charge on any atom is 0.269 e. The Morgan fingerprint density at radius 2 is 2.00 bits per heavy atom. The zero-order valence-electron chi connectivity index (χ0n) is 14.4. The van der Waals surface area contributed by atoms with Gasteiger partial charge >= 0.3 is 0 Å². The molecule has 1 saturated heterocycles. The molecule has 0 bridgehead atoms. The number of nitrogens with one attached hydrogen (secondary N) is 1. The van der Waals surface area contributed by atoms with Crippen LogP contribution in [0.25, 0.3) is 5.69 Å². The summed E-state index contributed by atoms with van der Waals surface area (Å²) in [5.41, 5.74) is 1.41. The number of benzene rings is 1. The molecule has 0 atom stereocenters. The van der Waals surface area contributed by atoms with E-state index in [1.807, 2.05) is 35.2 Å².